The Kier molecular flexibility index (Phi) is 5.01. The van der Waals surface area contributed by atoms with Crippen LogP contribution < -0.4 is 10.6 Å². The van der Waals surface area contributed by atoms with Gasteiger partial charge in [0, 0.05) is 30.4 Å². The summed E-state index contributed by atoms with van der Waals surface area (Å²) in [5.41, 5.74) is 2.71. The second-order valence-corrected chi connectivity index (χ2v) is 7.41. The van der Waals surface area contributed by atoms with Crippen molar-refractivity contribution in [1.29, 1.82) is 10.5 Å². The molecule has 2 aromatic rings. The van der Waals surface area contributed by atoms with Crippen molar-refractivity contribution < 1.29 is 4.79 Å². The molecule has 2 fully saturated rings. The van der Waals surface area contributed by atoms with Crippen LogP contribution >= 0.6 is 0 Å². The highest BCUT2D eigenvalue weighted by Crippen LogP contribution is 2.35. The molecule has 7 heteroatoms. The first-order valence-electron chi connectivity index (χ1n) is 9.44. The second kappa shape index (κ2) is 7.75. The summed E-state index contributed by atoms with van der Waals surface area (Å²) in [7, 11) is 0. The summed E-state index contributed by atoms with van der Waals surface area (Å²) in [6, 6.07) is 11.5. The number of carbonyl (C=O) groups is 1. The van der Waals surface area contributed by atoms with Gasteiger partial charge in [0.1, 0.15) is 12.1 Å². The minimum absolute atomic E-state index is 0.0647. The lowest BCUT2D eigenvalue weighted by Gasteiger charge is -2.23. The van der Waals surface area contributed by atoms with Crippen molar-refractivity contribution >= 4 is 5.91 Å². The number of piperidine rings is 1. The molecule has 1 amide bonds. The Morgan fingerprint density at radius 1 is 1.18 bits per heavy atom. The molecule has 1 saturated heterocycles. The number of rotatable bonds is 5. The van der Waals surface area contributed by atoms with Crippen LogP contribution in [0.1, 0.15) is 30.7 Å². The van der Waals surface area contributed by atoms with E-state index >= 15 is 0 Å². The average molecular weight is 372 g/mol. The Labute approximate surface area is 163 Å². The van der Waals surface area contributed by atoms with E-state index in [1.54, 1.807) is 12.4 Å². The summed E-state index contributed by atoms with van der Waals surface area (Å²) < 4.78 is 0. The smallest absolute Gasteiger partial charge is 0.238 e. The van der Waals surface area contributed by atoms with E-state index in [1.165, 1.54) is 0 Å². The third-order valence-corrected chi connectivity index (χ3v) is 5.59. The Morgan fingerprint density at radius 2 is 1.93 bits per heavy atom. The fourth-order valence-corrected chi connectivity index (χ4v) is 4.14. The van der Waals surface area contributed by atoms with Crippen molar-refractivity contribution in [2.75, 3.05) is 0 Å². The molecule has 7 nitrogen and oxygen atoms in total. The molecule has 0 radical (unpaired) electrons. The van der Waals surface area contributed by atoms with E-state index in [0.717, 1.165) is 36.0 Å². The predicted octanol–water partition coefficient (Wildman–Crippen LogP) is 1.71. The normalized spacial score (nSPS) is 23.6. The molecule has 1 aliphatic carbocycles. The van der Waals surface area contributed by atoms with Gasteiger partial charge >= 0.3 is 0 Å². The minimum atomic E-state index is -0.558. The molecule has 140 valence electrons. The van der Waals surface area contributed by atoms with Gasteiger partial charge in [-0.3, -0.25) is 4.79 Å². The number of hydrogen-bond acceptors (Lipinski definition) is 6. The van der Waals surface area contributed by atoms with Crippen LogP contribution in [0.25, 0.3) is 11.1 Å². The van der Waals surface area contributed by atoms with E-state index in [-0.39, 0.29) is 17.8 Å². The van der Waals surface area contributed by atoms with Gasteiger partial charge in [-0.1, -0.05) is 24.3 Å². The summed E-state index contributed by atoms with van der Waals surface area (Å²) in [5.74, 6) is 0.473. The number of benzene rings is 1. The maximum absolute atomic E-state index is 12.5. The van der Waals surface area contributed by atoms with Gasteiger partial charge in [0.15, 0.2) is 0 Å². The van der Waals surface area contributed by atoms with Gasteiger partial charge in [-0.25, -0.2) is 9.97 Å². The predicted molar refractivity (Wildman–Crippen MR) is 101 cm³/mol. The van der Waals surface area contributed by atoms with Crippen LogP contribution in [-0.4, -0.2) is 34.0 Å². The standard InChI is InChI=1S/C21H20N6O/c22-9-18(27-21(28)20-15-5-6-17(8-15)26-20)7-13-1-3-14(4-2-13)16-11-24-19(10-23)25-12-16/h1-4,11-12,15,17-18,20,26H,5-8H2,(H,27,28). The third-order valence-electron chi connectivity index (χ3n) is 5.59. The zero-order valence-corrected chi connectivity index (χ0v) is 15.3. The largest absolute Gasteiger partial charge is 0.339 e. The summed E-state index contributed by atoms with van der Waals surface area (Å²) in [6.07, 6.45) is 6.98. The molecule has 2 aliphatic rings. The lowest BCUT2D eigenvalue weighted by molar-refractivity contribution is -0.124. The number of hydrogen-bond donors (Lipinski definition) is 2. The van der Waals surface area contributed by atoms with Gasteiger partial charge < -0.3 is 10.6 Å². The van der Waals surface area contributed by atoms with Gasteiger partial charge in [0.05, 0.1) is 12.1 Å². The van der Waals surface area contributed by atoms with E-state index < -0.39 is 6.04 Å². The summed E-state index contributed by atoms with van der Waals surface area (Å²) in [6.45, 7) is 0. The van der Waals surface area contributed by atoms with E-state index in [9.17, 15) is 10.1 Å². The number of fused-ring (bicyclic) bond motifs is 2. The molecule has 4 atom stereocenters. The lowest BCUT2D eigenvalue weighted by atomic mass is 9.98. The van der Waals surface area contributed by atoms with Gasteiger partial charge in [0.2, 0.25) is 11.7 Å². The zero-order valence-electron chi connectivity index (χ0n) is 15.3. The molecular formula is C21H20N6O. The minimum Gasteiger partial charge on any atom is -0.339 e. The Bertz CT molecular complexity index is 941. The first kappa shape index (κ1) is 18.1. The monoisotopic (exact) mass is 372 g/mol. The first-order valence-corrected chi connectivity index (χ1v) is 9.44. The number of aromatic nitrogens is 2. The quantitative estimate of drug-likeness (QED) is 0.826. The van der Waals surface area contributed by atoms with Crippen LogP contribution in [0.15, 0.2) is 36.7 Å². The van der Waals surface area contributed by atoms with Crippen LogP contribution in [0.5, 0.6) is 0 Å². The zero-order chi connectivity index (χ0) is 19.5. The molecule has 1 aromatic carbocycles. The van der Waals surface area contributed by atoms with Crippen molar-refractivity contribution in [2.45, 2.75) is 43.8 Å². The molecule has 1 aliphatic heterocycles. The van der Waals surface area contributed by atoms with Crippen LogP contribution in [0.4, 0.5) is 0 Å². The van der Waals surface area contributed by atoms with Crippen LogP contribution in [0.3, 0.4) is 0 Å². The molecule has 4 rings (SSSR count). The third kappa shape index (κ3) is 3.71. The van der Waals surface area contributed by atoms with Crippen molar-refractivity contribution in [3.8, 4) is 23.3 Å². The molecule has 2 bridgehead atoms. The van der Waals surface area contributed by atoms with Crippen molar-refractivity contribution in [3.63, 3.8) is 0 Å². The van der Waals surface area contributed by atoms with Crippen LogP contribution in [0.2, 0.25) is 0 Å². The first-order chi connectivity index (χ1) is 13.7. The second-order valence-electron chi connectivity index (χ2n) is 7.41. The van der Waals surface area contributed by atoms with Crippen LogP contribution in [0, 0.1) is 28.6 Å². The van der Waals surface area contributed by atoms with E-state index in [2.05, 4.69) is 26.7 Å². The van der Waals surface area contributed by atoms with Gasteiger partial charge in [-0.15, -0.1) is 0 Å². The van der Waals surface area contributed by atoms with E-state index in [0.29, 0.717) is 18.4 Å². The molecule has 2 N–H and O–H groups in total. The number of amides is 1. The summed E-state index contributed by atoms with van der Waals surface area (Å²) in [5, 5.41) is 24.5. The van der Waals surface area contributed by atoms with E-state index in [1.807, 2.05) is 30.3 Å². The van der Waals surface area contributed by atoms with Gasteiger partial charge in [-0.05, 0) is 36.3 Å². The lowest BCUT2D eigenvalue weighted by Crippen LogP contribution is -2.50. The average Bonchev–Trinajstić information content (AvgIpc) is 3.37. The van der Waals surface area contributed by atoms with Gasteiger partial charge in [0.25, 0.3) is 0 Å². The van der Waals surface area contributed by atoms with Crippen molar-refractivity contribution in [1.82, 2.24) is 20.6 Å². The number of nitrogens with one attached hydrogen (secondary N) is 2. The number of nitriles is 2. The molecule has 1 aromatic heterocycles. The highest BCUT2D eigenvalue weighted by molar-refractivity contribution is 5.83. The molecule has 0 spiro atoms. The van der Waals surface area contributed by atoms with Crippen LogP contribution in [-0.2, 0) is 11.2 Å². The fourth-order valence-electron chi connectivity index (χ4n) is 4.14. The Hall–Kier alpha value is -3.29. The number of nitrogens with zero attached hydrogens (tertiary/aromatic N) is 4. The topological polar surface area (TPSA) is 114 Å². The molecular weight excluding hydrogens is 352 g/mol. The molecule has 28 heavy (non-hydrogen) atoms. The summed E-state index contributed by atoms with van der Waals surface area (Å²) in [4.78, 5) is 20.5. The maximum Gasteiger partial charge on any atom is 0.238 e. The SMILES string of the molecule is N#Cc1ncc(-c2ccc(CC(C#N)NC(=O)C3NC4CCC3C4)cc2)cn1. The number of carbonyl (C=O) groups excluding carboxylic acids is 1. The highest BCUT2D eigenvalue weighted by Gasteiger charge is 2.42. The van der Waals surface area contributed by atoms with Crippen molar-refractivity contribution in [3.05, 3.63) is 48.0 Å². The summed E-state index contributed by atoms with van der Waals surface area (Å²) >= 11 is 0. The Balaban J connectivity index is 1.37. The van der Waals surface area contributed by atoms with Crippen molar-refractivity contribution in [2.24, 2.45) is 5.92 Å². The highest BCUT2D eigenvalue weighted by atomic mass is 16.2. The fraction of sp³-hybridized carbons (Fsp3) is 0.381. The van der Waals surface area contributed by atoms with Gasteiger partial charge in [-0.2, -0.15) is 10.5 Å². The van der Waals surface area contributed by atoms with E-state index in [4.69, 9.17) is 5.26 Å². The molecule has 1 saturated carbocycles. The maximum atomic E-state index is 12.5. The molecule has 4 unspecified atom stereocenters. The Morgan fingerprint density at radius 3 is 2.50 bits per heavy atom. The molecule has 2 heterocycles.